The highest BCUT2D eigenvalue weighted by molar-refractivity contribution is 5.91. The van der Waals surface area contributed by atoms with E-state index in [0.717, 1.165) is 18.4 Å². The van der Waals surface area contributed by atoms with E-state index in [9.17, 15) is 9.18 Å². The van der Waals surface area contributed by atoms with Crippen molar-refractivity contribution in [2.45, 2.75) is 25.3 Å². The first kappa shape index (κ1) is 9.96. The van der Waals surface area contributed by atoms with Crippen LogP contribution in [0, 0.1) is 12.7 Å². The molecule has 0 bridgehead atoms. The van der Waals surface area contributed by atoms with Crippen molar-refractivity contribution in [3.8, 4) is 0 Å². The van der Waals surface area contributed by atoms with Gasteiger partial charge in [0.15, 0.2) is 0 Å². The quantitative estimate of drug-likeness (QED) is 0.792. The lowest BCUT2D eigenvalue weighted by Crippen LogP contribution is -2.37. The first-order valence-electron chi connectivity index (χ1n) is 4.87. The molecule has 1 fully saturated rings. The highest BCUT2D eigenvalue weighted by Crippen LogP contribution is 2.38. The number of primary amides is 1. The number of carbonyl (C=O) groups excluding carboxylic acids is 1. The van der Waals surface area contributed by atoms with Gasteiger partial charge in [0.25, 0.3) is 0 Å². The van der Waals surface area contributed by atoms with E-state index in [4.69, 9.17) is 5.73 Å². The van der Waals surface area contributed by atoms with Crippen molar-refractivity contribution in [1.82, 2.24) is 0 Å². The van der Waals surface area contributed by atoms with Gasteiger partial charge in [0.1, 0.15) is 11.4 Å². The zero-order valence-corrected chi connectivity index (χ0v) is 8.51. The summed E-state index contributed by atoms with van der Waals surface area (Å²) < 4.78 is 13.1. The van der Waals surface area contributed by atoms with Crippen molar-refractivity contribution in [2.75, 3.05) is 5.32 Å². The van der Waals surface area contributed by atoms with Crippen LogP contribution in [-0.4, -0.2) is 11.4 Å². The molecule has 0 saturated heterocycles. The van der Waals surface area contributed by atoms with Gasteiger partial charge in [0.05, 0.1) is 0 Å². The second kappa shape index (κ2) is 3.22. The zero-order chi connectivity index (χ0) is 11.1. The molecule has 4 heteroatoms. The minimum atomic E-state index is -0.639. The molecule has 0 aliphatic heterocycles. The van der Waals surface area contributed by atoms with Crippen molar-refractivity contribution in [2.24, 2.45) is 5.73 Å². The fourth-order valence-electron chi connectivity index (χ4n) is 1.64. The van der Waals surface area contributed by atoms with Crippen LogP contribution in [0.2, 0.25) is 0 Å². The van der Waals surface area contributed by atoms with Crippen LogP contribution < -0.4 is 11.1 Å². The van der Waals surface area contributed by atoms with Gasteiger partial charge in [-0.2, -0.15) is 0 Å². The molecular weight excluding hydrogens is 195 g/mol. The number of anilines is 1. The van der Waals surface area contributed by atoms with Crippen molar-refractivity contribution < 1.29 is 9.18 Å². The summed E-state index contributed by atoms with van der Waals surface area (Å²) in [6.07, 6.45) is 1.44. The summed E-state index contributed by atoms with van der Waals surface area (Å²) in [6, 6.07) is 4.61. The van der Waals surface area contributed by atoms with E-state index in [0.29, 0.717) is 5.69 Å². The molecule has 0 atom stereocenters. The fraction of sp³-hybridized carbons (Fsp3) is 0.364. The standard InChI is InChI=1S/C11H13FN2O/c1-7-4-8(12)6-9(5-7)14-11(2-3-11)10(13)15/h4-6,14H,2-3H2,1H3,(H2,13,15). The number of carbonyl (C=O) groups is 1. The van der Waals surface area contributed by atoms with E-state index < -0.39 is 5.54 Å². The lowest BCUT2D eigenvalue weighted by atomic mass is 10.2. The summed E-state index contributed by atoms with van der Waals surface area (Å²) >= 11 is 0. The van der Waals surface area contributed by atoms with Gasteiger partial charge in [-0.3, -0.25) is 4.79 Å². The van der Waals surface area contributed by atoms with E-state index >= 15 is 0 Å². The molecule has 15 heavy (non-hydrogen) atoms. The number of benzene rings is 1. The number of rotatable bonds is 3. The molecule has 0 aromatic heterocycles. The van der Waals surface area contributed by atoms with Crippen molar-refractivity contribution in [1.29, 1.82) is 0 Å². The molecule has 1 amide bonds. The Morgan fingerprint density at radius 1 is 1.47 bits per heavy atom. The topological polar surface area (TPSA) is 55.1 Å². The van der Waals surface area contributed by atoms with E-state index in [-0.39, 0.29) is 11.7 Å². The predicted octanol–water partition coefficient (Wildman–Crippen LogP) is 1.56. The molecule has 3 nitrogen and oxygen atoms in total. The van der Waals surface area contributed by atoms with Gasteiger partial charge < -0.3 is 11.1 Å². The summed E-state index contributed by atoms with van der Waals surface area (Å²) in [6.45, 7) is 1.80. The highest BCUT2D eigenvalue weighted by Gasteiger charge is 2.48. The van der Waals surface area contributed by atoms with Crippen LogP contribution >= 0.6 is 0 Å². The maximum Gasteiger partial charge on any atom is 0.243 e. The Balaban J connectivity index is 2.21. The predicted molar refractivity (Wildman–Crippen MR) is 55.9 cm³/mol. The molecule has 80 valence electrons. The largest absolute Gasteiger partial charge is 0.371 e. The summed E-state index contributed by atoms with van der Waals surface area (Å²) in [5.41, 5.74) is 6.05. The third kappa shape index (κ3) is 1.93. The Morgan fingerprint density at radius 3 is 2.60 bits per heavy atom. The number of nitrogens with two attached hydrogens (primary N) is 1. The van der Waals surface area contributed by atoms with Crippen LogP contribution in [0.1, 0.15) is 18.4 Å². The normalized spacial score (nSPS) is 17.2. The van der Waals surface area contributed by atoms with Crippen LogP contribution in [0.3, 0.4) is 0 Å². The Morgan fingerprint density at radius 2 is 2.13 bits per heavy atom. The first-order valence-corrected chi connectivity index (χ1v) is 4.87. The lowest BCUT2D eigenvalue weighted by molar-refractivity contribution is -0.119. The minimum Gasteiger partial charge on any atom is -0.371 e. The second-order valence-corrected chi connectivity index (χ2v) is 4.09. The number of aryl methyl sites for hydroxylation is 1. The molecule has 0 spiro atoms. The summed E-state index contributed by atoms with van der Waals surface area (Å²) in [5.74, 6) is -0.679. The number of hydrogen-bond acceptors (Lipinski definition) is 2. The lowest BCUT2D eigenvalue weighted by Gasteiger charge is -2.15. The molecule has 1 aromatic rings. The molecule has 2 rings (SSSR count). The Labute approximate surface area is 87.5 Å². The maximum atomic E-state index is 13.1. The average Bonchev–Trinajstić information content (AvgIpc) is 2.83. The van der Waals surface area contributed by atoms with Gasteiger partial charge >= 0.3 is 0 Å². The van der Waals surface area contributed by atoms with Gasteiger partial charge in [-0.25, -0.2) is 4.39 Å². The Kier molecular flexibility index (Phi) is 2.14. The third-order valence-corrected chi connectivity index (χ3v) is 2.65. The highest BCUT2D eigenvalue weighted by atomic mass is 19.1. The van der Waals surface area contributed by atoms with Gasteiger partial charge in [0.2, 0.25) is 5.91 Å². The first-order chi connectivity index (χ1) is 7.02. The van der Waals surface area contributed by atoms with Crippen LogP contribution in [0.4, 0.5) is 10.1 Å². The van der Waals surface area contributed by atoms with Crippen LogP contribution in [0.25, 0.3) is 0 Å². The molecule has 1 saturated carbocycles. The maximum absolute atomic E-state index is 13.1. The number of hydrogen-bond donors (Lipinski definition) is 2. The molecule has 1 aromatic carbocycles. The van der Waals surface area contributed by atoms with E-state index in [1.807, 2.05) is 0 Å². The Bertz CT molecular complexity index is 393. The SMILES string of the molecule is Cc1cc(F)cc(NC2(C(N)=O)CC2)c1. The van der Waals surface area contributed by atoms with Crippen LogP contribution in [0.5, 0.6) is 0 Å². The second-order valence-electron chi connectivity index (χ2n) is 4.09. The summed E-state index contributed by atoms with van der Waals surface area (Å²) in [5, 5.41) is 3.00. The average molecular weight is 208 g/mol. The monoisotopic (exact) mass is 208 g/mol. The van der Waals surface area contributed by atoms with Gasteiger partial charge in [-0.1, -0.05) is 0 Å². The van der Waals surface area contributed by atoms with E-state index in [1.54, 1.807) is 13.0 Å². The molecule has 0 radical (unpaired) electrons. The van der Waals surface area contributed by atoms with Gasteiger partial charge in [-0.15, -0.1) is 0 Å². The molecular formula is C11H13FN2O. The van der Waals surface area contributed by atoms with Gasteiger partial charge in [-0.05, 0) is 43.5 Å². The smallest absolute Gasteiger partial charge is 0.243 e. The van der Waals surface area contributed by atoms with E-state index in [2.05, 4.69) is 5.32 Å². The van der Waals surface area contributed by atoms with Crippen molar-refractivity contribution >= 4 is 11.6 Å². The van der Waals surface area contributed by atoms with Crippen molar-refractivity contribution in [3.63, 3.8) is 0 Å². The number of nitrogens with one attached hydrogen (secondary N) is 1. The summed E-state index contributed by atoms with van der Waals surface area (Å²) in [4.78, 5) is 11.1. The Hall–Kier alpha value is -1.58. The summed E-state index contributed by atoms with van der Waals surface area (Å²) in [7, 11) is 0. The third-order valence-electron chi connectivity index (χ3n) is 2.65. The van der Waals surface area contributed by atoms with Crippen LogP contribution in [-0.2, 0) is 4.79 Å². The fourth-order valence-corrected chi connectivity index (χ4v) is 1.64. The molecule has 0 unspecified atom stereocenters. The van der Waals surface area contributed by atoms with Crippen molar-refractivity contribution in [3.05, 3.63) is 29.6 Å². The van der Waals surface area contributed by atoms with Gasteiger partial charge in [0, 0.05) is 5.69 Å². The molecule has 1 aliphatic carbocycles. The molecule has 3 N–H and O–H groups in total. The number of halogens is 1. The number of amides is 1. The van der Waals surface area contributed by atoms with Crippen LogP contribution in [0.15, 0.2) is 18.2 Å². The molecule has 1 aliphatic rings. The minimum absolute atomic E-state index is 0.308. The van der Waals surface area contributed by atoms with E-state index in [1.165, 1.54) is 12.1 Å². The molecule has 0 heterocycles. The zero-order valence-electron chi connectivity index (χ0n) is 8.51.